The zero-order chi connectivity index (χ0) is 8.41. The molecule has 0 amide bonds. The predicted molar refractivity (Wildman–Crippen MR) is 47.2 cm³/mol. The van der Waals surface area contributed by atoms with E-state index >= 15 is 0 Å². The minimum Gasteiger partial charge on any atom is -0.284 e. The topological polar surface area (TPSA) is 54.4 Å². The van der Waals surface area contributed by atoms with Gasteiger partial charge in [-0.25, -0.2) is 0 Å². The van der Waals surface area contributed by atoms with Gasteiger partial charge in [-0.2, -0.15) is 8.42 Å². The lowest BCUT2D eigenvalue weighted by molar-refractivity contribution is 0.473. The fourth-order valence-corrected chi connectivity index (χ4v) is 1.36. The Morgan fingerprint density at radius 2 is 1.90 bits per heavy atom. The quantitative estimate of drug-likeness (QED) is 0.366. The molecule has 0 bridgehead atoms. The van der Waals surface area contributed by atoms with Gasteiger partial charge in [-0.1, -0.05) is 13.3 Å². The van der Waals surface area contributed by atoms with Gasteiger partial charge in [0.05, 0.1) is 0 Å². The highest BCUT2D eigenvalue weighted by Gasteiger charge is 2.33. The number of hydrogen-bond acceptors (Lipinski definition) is 4. The molecule has 0 spiro atoms. The van der Waals surface area contributed by atoms with Crippen molar-refractivity contribution in [3.05, 3.63) is 0 Å². The molecule has 0 saturated heterocycles. The molecule has 0 aliphatic rings. The zero-order valence-electron chi connectivity index (χ0n) is 5.48. The number of hydrogen-bond donors (Lipinski definition) is 3. The van der Waals surface area contributed by atoms with E-state index < -0.39 is 13.5 Å². The monoisotopic (exact) mass is 202 g/mol. The van der Waals surface area contributed by atoms with Crippen LogP contribution in [0.4, 0.5) is 0 Å². The van der Waals surface area contributed by atoms with Crippen LogP contribution in [0.15, 0.2) is 0 Å². The Labute approximate surface area is 71.8 Å². The van der Waals surface area contributed by atoms with Crippen molar-refractivity contribution in [1.82, 2.24) is 0 Å². The molecule has 62 valence electrons. The molecule has 0 unspecified atom stereocenters. The van der Waals surface area contributed by atoms with Crippen molar-refractivity contribution in [2.24, 2.45) is 0 Å². The second-order valence-electron chi connectivity index (χ2n) is 1.97. The highest BCUT2D eigenvalue weighted by atomic mass is 32.3. The smallest absolute Gasteiger partial charge is 0.284 e. The Balaban J connectivity index is 4.42. The van der Waals surface area contributed by atoms with Crippen LogP contribution in [0.5, 0.6) is 0 Å². The lowest BCUT2D eigenvalue weighted by atomic mass is 10.4. The van der Waals surface area contributed by atoms with Crippen molar-refractivity contribution in [3.8, 4) is 0 Å². The van der Waals surface area contributed by atoms with E-state index in [9.17, 15) is 8.42 Å². The summed E-state index contributed by atoms with van der Waals surface area (Å²) < 4.78 is 27.8. The molecule has 0 aromatic carbocycles. The molecular formula is C4H10O3S3. The SMILES string of the molecule is CCCC(S)(S)S(=O)(=O)O. The Bertz CT molecular complexity index is 194. The molecule has 10 heavy (non-hydrogen) atoms. The van der Waals surface area contributed by atoms with Gasteiger partial charge in [0.15, 0.2) is 3.41 Å². The van der Waals surface area contributed by atoms with E-state index in [1.165, 1.54) is 0 Å². The van der Waals surface area contributed by atoms with Crippen molar-refractivity contribution < 1.29 is 13.0 Å². The summed E-state index contributed by atoms with van der Waals surface area (Å²) in [5.41, 5.74) is 0. The molecule has 0 atom stereocenters. The summed E-state index contributed by atoms with van der Waals surface area (Å²) in [7, 11) is -4.14. The van der Waals surface area contributed by atoms with Crippen LogP contribution < -0.4 is 0 Å². The van der Waals surface area contributed by atoms with Gasteiger partial charge < -0.3 is 0 Å². The average molecular weight is 202 g/mol. The molecule has 0 rings (SSSR count). The van der Waals surface area contributed by atoms with E-state index in [-0.39, 0.29) is 6.42 Å². The molecule has 0 fully saturated rings. The number of rotatable bonds is 3. The maximum atomic E-state index is 10.4. The van der Waals surface area contributed by atoms with Crippen LogP contribution in [0, 0.1) is 0 Å². The third kappa shape index (κ3) is 2.69. The maximum Gasteiger partial charge on any atom is 0.289 e. The van der Waals surface area contributed by atoms with Crippen molar-refractivity contribution in [3.63, 3.8) is 0 Å². The van der Waals surface area contributed by atoms with Gasteiger partial charge in [-0.3, -0.25) is 4.55 Å². The molecule has 0 heterocycles. The molecule has 6 heteroatoms. The van der Waals surface area contributed by atoms with Gasteiger partial charge in [0.2, 0.25) is 0 Å². The lowest BCUT2D eigenvalue weighted by Crippen LogP contribution is -2.25. The summed E-state index contributed by atoms with van der Waals surface area (Å²) in [6, 6.07) is 0. The van der Waals surface area contributed by atoms with E-state index in [0.717, 1.165) is 0 Å². The molecule has 1 N–H and O–H groups in total. The van der Waals surface area contributed by atoms with E-state index in [4.69, 9.17) is 4.55 Å². The second-order valence-corrected chi connectivity index (χ2v) is 6.10. The maximum absolute atomic E-state index is 10.4. The van der Waals surface area contributed by atoms with E-state index in [2.05, 4.69) is 25.3 Å². The van der Waals surface area contributed by atoms with Crippen molar-refractivity contribution >= 4 is 35.4 Å². The molecule has 0 aromatic heterocycles. The molecule has 0 saturated carbocycles. The van der Waals surface area contributed by atoms with Crippen LogP contribution >= 0.6 is 25.3 Å². The summed E-state index contributed by atoms with van der Waals surface area (Å²) >= 11 is 7.35. The highest BCUT2D eigenvalue weighted by Crippen LogP contribution is 2.30. The van der Waals surface area contributed by atoms with Gasteiger partial charge in [0, 0.05) is 0 Å². The second kappa shape index (κ2) is 3.34. The van der Waals surface area contributed by atoms with Crippen LogP contribution in [0.1, 0.15) is 19.8 Å². The zero-order valence-corrected chi connectivity index (χ0v) is 8.09. The van der Waals surface area contributed by atoms with Gasteiger partial charge in [0.25, 0.3) is 10.1 Å². The summed E-state index contributed by atoms with van der Waals surface area (Å²) in [5.74, 6) is 0. The number of thiol groups is 2. The molecular weight excluding hydrogens is 192 g/mol. The van der Waals surface area contributed by atoms with Gasteiger partial charge >= 0.3 is 0 Å². The van der Waals surface area contributed by atoms with Crippen LogP contribution in [-0.2, 0) is 10.1 Å². The first-order valence-electron chi connectivity index (χ1n) is 2.73. The van der Waals surface area contributed by atoms with E-state index in [0.29, 0.717) is 6.42 Å². The average Bonchev–Trinajstić information content (AvgIpc) is 1.61. The van der Waals surface area contributed by atoms with Gasteiger partial charge in [-0.05, 0) is 6.42 Å². The van der Waals surface area contributed by atoms with E-state index in [1.807, 2.05) is 0 Å². The predicted octanol–water partition coefficient (Wildman–Crippen LogP) is 1.19. The third-order valence-corrected chi connectivity index (χ3v) is 3.85. The van der Waals surface area contributed by atoms with Gasteiger partial charge in [-0.15, -0.1) is 25.3 Å². The molecule has 0 radical (unpaired) electrons. The summed E-state index contributed by atoms with van der Waals surface area (Å²) in [4.78, 5) is 0. The highest BCUT2D eigenvalue weighted by molar-refractivity contribution is 8.18. The lowest BCUT2D eigenvalue weighted by Gasteiger charge is -2.16. The first-order valence-corrected chi connectivity index (χ1v) is 5.06. The Hall–Kier alpha value is 0.610. The largest absolute Gasteiger partial charge is 0.289 e. The first-order chi connectivity index (χ1) is 4.31. The minimum atomic E-state index is -4.14. The van der Waals surface area contributed by atoms with Gasteiger partial charge in [0.1, 0.15) is 0 Å². The standard InChI is InChI=1S/C4H10O3S3/c1-2-3-4(8,9)10(5,6)7/h8-9H,2-3H2,1H3,(H,5,6,7). The van der Waals surface area contributed by atoms with Crippen LogP contribution in [0.25, 0.3) is 0 Å². The molecule has 0 aliphatic carbocycles. The third-order valence-electron chi connectivity index (χ3n) is 0.989. The molecule has 3 nitrogen and oxygen atoms in total. The summed E-state index contributed by atoms with van der Waals surface area (Å²) in [6.45, 7) is 1.78. The first kappa shape index (κ1) is 10.6. The fourth-order valence-electron chi connectivity index (χ4n) is 0.455. The van der Waals surface area contributed by atoms with Crippen molar-refractivity contribution in [2.45, 2.75) is 23.2 Å². The Morgan fingerprint density at radius 3 is 2.00 bits per heavy atom. The van der Waals surface area contributed by atoms with Crippen molar-refractivity contribution in [2.75, 3.05) is 0 Å². The molecule has 0 aromatic rings. The summed E-state index contributed by atoms with van der Waals surface area (Å²) in [6.07, 6.45) is 0.824. The Kier molecular flexibility index (Phi) is 3.54. The molecule has 0 aliphatic heterocycles. The van der Waals surface area contributed by atoms with E-state index in [1.54, 1.807) is 6.92 Å². The van der Waals surface area contributed by atoms with Crippen LogP contribution in [0.3, 0.4) is 0 Å². The normalized spacial score (nSPS) is 13.6. The summed E-state index contributed by atoms with van der Waals surface area (Å²) in [5, 5.41) is 0. The van der Waals surface area contributed by atoms with Crippen molar-refractivity contribution in [1.29, 1.82) is 0 Å². The van der Waals surface area contributed by atoms with Crippen LogP contribution in [-0.4, -0.2) is 16.4 Å². The fraction of sp³-hybridized carbons (Fsp3) is 1.00. The minimum absolute atomic E-state index is 0.220. The van der Waals surface area contributed by atoms with Crippen LogP contribution in [0.2, 0.25) is 0 Å². The Morgan fingerprint density at radius 1 is 1.50 bits per heavy atom.